The van der Waals surface area contributed by atoms with E-state index in [9.17, 15) is 4.79 Å². The van der Waals surface area contributed by atoms with Gasteiger partial charge in [-0.05, 0) is 44.0 Å². The molecule has 5 nitrogen and oxygen atoms in total. The fourth-order valence-corrected chi connectivity index (χ4v) is 4.51. The van der Waals surface area contributed by atoms with Gasteiger partial charge in [-0.15, -0.1) is 16.4 Å². The second-order valence-corrected chi connectivity index (χ2v) is 7.96. The van der Waals surface area contributed by atoms with Gasteiger partial charge in [-0.2, -0.15) is 5.10 Å². The van der Waals surface area contributed by atoms with Crippen LogP contribution in [0.5, 0.6) is 0 Å². The minimum Gasteiger partial charge on any atom is -0.369 e. The Hall–Kier alpha value is -1.95. The van der Waals surface area contributed by atoms with Gasteiger partial charge in [0, 0.05) is 47.6 Å². The summed E-state index contributed by atoms with van der Waals surface area (Å²) >= 11 is 1.82. The predicted molar refractivity (Wildman–Crippen MR) is 95.2 cm³/mol. The second kappa shape index (κ2) is 6.16. The molecule has 0 spiro atoms. The van der Waals surface area contributed by atoms with Crippen molar-refractivity contribution in [1.29, 1.82) is 0 Å². The van der Waals surface area contributed by atoms with Crippen LogP contribution in [-0.4, -0.2) is 34.1 Å². The van der Waals surface area contributed by atoms with E-state index in [0.29, 0.717) is 18.4 Å². The lowest BCUT2D eigenvalue weighted by molar-refractivity contribution is -0.133. The van der Waals surface area contributed by atoms with Crippen molar-refractivity contribution in [2.45, 2.75) is 39.2 Å². The van der Waals surface area contributed by atoms with Crippen LogP contribution in [0.1, 0.15) is 40.3 Å². The van der Waals surface area contributed by atoms with Crippen molar-refractivity contribution in [2.75, 3.05) is 18.4 Å². The Morgan fingerprint density at radius 3 is 3.04 bits per heavy atom. The summed E-state index contributed by atoms with van der Waals surface area (Å²) in [4.78, 5) is 17.5. The highest BCUT2D eigenvalue weighted by molar-refractivity contribution is 7.12. The number of carbonyl (C=O) groups excluding carboxylic acids is 1. The third kappa shape index (κ3) is 2.90. The Kier molecular flexibility index (Phi) is 4.00. The molecule has 1 fully saturated rings. The van der Waals surface area contributed by atoms with Crippen LogP contribution < -0.4 is 5.32 Å². The molecular weight excluding hydrogens is 320 g/mol. The van der Waals surface area contributed by atoms with Crippen LogP contribution in [0.15, 0.2) is 18.2 Å². The van der Waals surface area contributed by atoms with Crippen molar-refractivity contribution in [3.8, 4) is 0 Å². The number of amides is 1. The molecule has 126 valence electrons. The number of nitrogens with zero attached hydrogens (tertiary/aromatic N) is 3. The number of hydrogen-bond acceptors (Lipinski definition) is 5. The van der Waals surface area contributed by atoms with Crippen LogP contribution in [-0.2, 0) is 17.8 Å². The number of rotatable bonds is 4. The Bertz CT molecular complexity index is 772. The van der Waals surface area contributed by atoms with E-state index in [1.165, 1.54) is 9.75 Å². The molecule has 2 aromatic heterocycles. The third-order valence-electron chi connectivity index (χ3n) is 4.84. The summed E-state index contributed by atoms with van der Waals surface area (Å²) in [6.45, 7) is 6.40. The van der Waals surface area contributed by atoms with Crippen molar-refractivity contribution in [1.82, 2.24) is 15.1 Å². The summed E-state index contributed by atoms with van der Waals surface area (Å²) in [5.41, 5.74) is 2.16. The first kappa shape index (κ1) is 15.6. The van der Waals surface area contributed by atoms with E-state index in [4.69, 9.17) is 0 Å². The largest absolute Gasteiger partial charge is 0.369 e. The molecular formula is C18H22N4OS. The maximum absolute atomic E-state index is 12.9. The summed E-state index contributed by atoms with van der Waals surface area (Å²) in [5, 5.41) is 11.7. The molecule has 1 N–H and O–H groups in total. The molecule has 0 radical (unpaired) electrons. The molecule has 2 aromatic rings. The molecule has 4 rings (SSSR count). The van der Waals surface area contributed by atoms with Crippen LogP contribution >= 0.6 is 11.3 Å². The van der Waals surface area contributed by atoms with Gasteiger partial charge in [0.25, 0.3) is 0 Å². The minimum atomic E-state index is 0.174. The predicted octanol–water partition coefficient (Wildman–Crippen LogP) is 2.97. The Morgan fingerprint density at radius 1 is 1.42 bits per heavy atom. The van der Waals surface area contributed by atoms with E-state index in [1.807, 2.05) is 29.2 Å². The highest BCUT2D eigenvalue weighted by Crippen LogP contribution is 2.50. The third-order valence-corrected chi connectivity index (χ3v) is 5.98. The number of aryl methyl sites for hydroxylation is 1. The van der Waals surface area contributed by atoms with Crippen LogP contribution in [0.3, 0.4) is 0 Å². The number of thiophene rings is 1. The molecule has 2 aliphatic rings. The number of aromatic nitrogens is 2. The average molecular weight is 342 g/mol. The van der Waals surface area contributed by atoms with Crippen LogP contribution in [0, 0.1) is 12.8 Å². The van der Waals surface area contributed by atoms with Gasteiger partial charge in [0.1, 0.15) is 5.82 Å². The SMILES string of the molecule is CCNc1cc2c(nn1)CCN(C(=O)[C@H]1C[C@H]1c1ccc(C)s1)C2. The summed E-state index contributed by atoms with van der Waals surface area (Å²) in [7, 11) is 0. The lowest BCUT2D eigenvalue weighted by Crippen LogP contribution is -2.37. The summed E-state index contributed by atoms with van der Waals surface area (Å²) in [6, 6.07) is 6.37. The molecule has 0 aromatic carbocycles. The van der Waals surface area contributed by atoms with E-state index in [2.05, 4.69) is 34.6 Å². The fourth-order valence-electron chi connectivity index (χ4n) is 3.45. The topological polar surface area (TPSA) is 58.1 Å². The number of carbonyl (C=O) groups is 1. The molecule has 0 saturated heterocycles. The molecule has 6 heteroatoms. The molecule has 1 amide bonds. The van der Waals surface area contributed by atoms with Crippen molar-refractivity contribution in [2.24, 2.45) is 5.92 Å². The summed E-state index contributed by atoms with van der Waals surface area (Å²) < 4.78 is 0. The molecule has 1 saturated carbocycles. The van der Waals surface area contributed by atoms with Gasteiger partial charge in [0.05, 0.1) is 5.69 Å². The first-order chi connectivity index (χ1) is 11.7. The fraction of sp³-hybridized carbons (Fsp3) is 0.500. The zero-order chi connectivity index (χ0) is 16.7. The quantitative estimate of drug-likeness (QED) is 0.928. The highest BCUT2D eigenvalue weighted by atomic mass is 32.1. The van der Waals surface area contributed by atoms with Gasteiger partial charge in [-0.1, -0.05) is 0 Å². The molecule has 24 heavy (non-hydrogen) atoms. The van der Waals surface area contributed by atoms with Crippen molar-refractivity contribution in [3.05, 3.63) is 39.2 Å². The zero-order valence-electron chi connectivity index (χ0n) is 14.1. The first-order valence-electron chi connectivity index (χ1n) is 8.60. The number of fused-ring (bicyclic) bond motifs is 1. The summed E-state index contributed by atoms with van der Waals surface area (Å²) in [6.07, 6.45) is 1.80. The van der Waals surface area contributed by atoms with Crippen LogP contribution in [0.2, 0.25) is 0 Å². The van der Waals surface area contributed by atoms with E-state index in [1.54, 1.807) is 0 Å². The molecule has 0 unspecified atom stereocenters. The minimum absolute atomic E-state index is 0.174. The van der Waals surface area contributed by atoms with Crippen molar-refractivity contribution < 1.29 is 4.79 Å². The zero-order valence-corrected chi connectivity index (χ0v) is 14.9. The van der Waals surface area contributed by atoms with E-state index < -0.39 is 0 Å². The second-order valence-electron chi connectivity index (χ2n) is 6.64. The molecule has 0 bridgehead atoms. The van der Waals surface area contributed by atoms with Gasteiger partial charge >= 0.3 is 0 Å². The van der Waals surface area contributed by atoms with E-state index in [0.717, 1.165) is 43.0 Å². The van der Waals surface area contributed by atoms with E-state index in [-0.39, 0.29) is 5.92 Å². The van der Waals surface area contributed by atoms with Gasteiger partial charge in [0.15, 0.2) is 0 Å². The Morgan fingerprint density at radius 2 is 2.29 bits per heavy atom. The first-order valence-corrected chi connectivity index (χ1v) is 9.42. The summed E-state index contributed by atoms with van der Waals surface area (Å²) in [5.74, 6) is 1.71. The lowest BCUT2D eigenvalue weighted by Gasteiger charge is -2.28. The van der Waals surface area contributed by atoms with Crippen LogP contribution in [0.4, 0.5) is 5.82 Å². The molecule has 3 heterocycles. The van der Waals surface area contributed by atoms with Crippen molar-refractivity contribution in [3.63, 3.8) is 0 Å². The smallest absolute Gasteiger partial charge is 0.226 e. The van der Waals surface area contributed by atoms with Crippen LogP contribution in [0.25, 0.3) is 0 Å². The monoisotopic (exact) mass is 342 g/mol. The Labute approximate surface area is 146 Å². The maximum Gasteiger partial charge on any atom is 0.226 e. The normalized spacial score (nSPS) is 22.2. The molecule has 1 aliphatic heterocycles. The average Bonchev–Trinajstić information content (AvgIpc) is 3.28. The standard InChI is InChI=1S/C18H22N4OS/c1-3-19-17-8-12-10-22(7-6-15(12)20-21-17)18(23)14-9-13(14)16-5-4-11(2)24-16/h4-5,8,13-14H,3,6-7,9-10H2,1-2H3,(H,19,21)/t13-,14+/m1/s1. The van der Waals surface area contributed by atoms with E-state index >= 15 is 0 Å². The van der Waals surface area contributed by atoms with Gasteiger partial charge in [-0.25, -0.2) is 0 Å². The van der Waals surface area contributed by atoms with Gasteiger partial charge in [-0.3, -0.25) is 4.79 Å². The van der Waals surface area contributed by atoms with Gasteiger partial charge in [0.2, 0.25) is 5.91 Å². The lowest BCUT2D eigenvalue weighted by atomic mass is 10.1. The van der Waals surface area contributed by atoms with Gasteiger partial charge < -0.3 is 10.2 Å². The number of anilines is 1. The maximum atomic E-state index is 12.9. The van der Waals surface area contributed by atoms with Crippen molar-refractivity contribution >= 4 is 23.1 Å². The molecule has 2 atom stereocenters. The number of nitrogens with one attached hydrogen (secondary N) is 1. The Balaban J connectivity index is 1.44. The number of hydrogen-bond donors (Lipinski definition) is 1. The highest BCUT2D eigenvalue weighted by Gasteiger charge is 2.46. The molecule has 1 aliphatic carbocycles.